The first kappa shape index (κ1) is 27.2. The molecule has 0 saturated carbocycles. The lowest BCUT2D eigenvalue weighted by atomic mass is 10.1. The number of likely N-dealkylation sites (N-methyl/N-ethyl adjacent to an activating group) is 1. The molecule has 1 fully saturated rings. The summed E-state index contributed by atoms with van der Waals surface area (Å²) in [6.07, 6.45) is 1.66. The topological polar surface area (TPSA) is 80.2 Å². The lowest BCUT2D eigenvalue weighted by Gasteiger charge is -2.13. The Labute approximate surface area is 227 Å². The summed E-state index contributed by atoms with van der Waals surface area (Å²) in [6, 6.07) is 14.2. The number of hydrogen-bond donors (Lipinski definition) is 1. The molecule has 7 nitrogen and oxygen atoms in total. The zero-order chi connectivity index (χ0) is 27.2. The summed E-state index contributed by atoms with van der Waals surface area (Å²) < 4.78 is 37.3. The largest absolute Gasteiger partial charge is 0.493 e. The molecule has 1 N–H and O–H groups in total. The van der Waals surface area contributed by atoms with Gasteiger partial charge in [0.2, 0.25) is 0 Å². The molecule has 196 valence electrons. The van der Waals surface area contributed by atoms with Gasteiger partial charge < -0.3 is 14.8 Å². The number of nitrogens with zero attached hydrogens (tertiary/aromatic N) is 2. The molecule has 0 unspecified atom stereocenters. The summed E-state index contributed by atoms with van der Waals surface area (Å²) >= 11 is 7.62. The number of carbonyl (C=O) groups is 2. The third kappa shape index (κ3) is 6.51. The van der Waals surface area contributed by atoms with E-state index in [1.807, 2.05) is 6.92 Å². The first-order valence-corrected chi connectivity index (χ1v) is 12.6. The number of methoxy groups -OCH3 is 1. The summed E-state index contributed by atoms with van der Waals surface area (Å²) in [5.74, 6) is -1.06. The lowest BCUT2D eigenvalue weighted by molar-refractivity contribution is -0.122. The van der Waals surface area contributed by atoms with Crippen LogP contribution >= 0.6 is 23.4 Å². The maximum absolute atomic E-state index is 13.2. The molecule has 3 aromatic carbocycles. The monoisotopic (exact) mass is 557 g/mol. The molecule has 0 bridgehead atoms. The minimum absolute atomic E-state index is 0.157. The highest BCUT2D eigenvalue weighted by molar-refractivity contribution is 8.18. The maximum atomic E-state index is 13.2. The van der Waals surface area contributed by atoms with Gasteiger partial charge in [0.1, 0.15) is 11.6 Å². The van der Waals surface area contributed by atoms with E-state index in [0.29, 0.717) is 33.6 Å². The van der Waals surface area contributed by atoms with E-state index in [1.54, 1.807) is 18.2 Å². The van der Waals surface area contributed by atoms with E-state index in [2.05, 4.69) is 10.3 Å². The minimum atomic E-state index is -0.471. The van der Waals surface area contributed by atoms with Gasteiger partial charge in [0.25, 0.3) is 11.8 Å². The SMILES string of the molecule is CCN1C(=O)/C(=C\c2cc(Cl)c(OCC(=O)Nc3ccc(F)cc3)c(OC)c2)SC1=Nc1ccc(F)cc1. The summed E-state index contributed by atoms with van der Waals surface area (Å²) in [5.41, 5.74) is 1.52. The molecule has 1 aliphatic heterocycles. The molecule has 0 radical (unpaired) electrons. The molecule has 0 aromatic heterocycles. The Kier molecular flexibility index (Phi) is 8.65. The number of anilines is 1. The first-order valence-electron chi connectivity index (χ1n) is 11.4. The molecule has 2 amide bonds. The van der Waals surface area contributed by atoms with E-state index in [4.69, 9.17) is 21.1 Å². The third-order valence-electron chi connectivity index (χ3n) is 5.28. The number of ether oxygens (including phenoxy) is 2. The Morgan fingerprint density at radius 1 is 1.11 bits per heavy atom. The van der Waals surface area contributed by atoms with Crippen molar-refractivity contribution in [3.8, 4) is 11.5 Å². The second kappa shape index (κ2) is 12.1. The van der Waals surface area contributed by atoms with Crippen molar-refractivity contribution in [2.45, 2.75) is 6.92 Å². The van der Waals surface area contributed by atoms with Gasteiger partial charge in [0.05, 0.1) is 22.7 Å². The Morgan fingerprint density at radius 2 is 1.76 bits per heavy atom. The summed E-state index contributed by atoms with van der Waals surface area (Å²) in [7, 11) is 1.43. The van der Waals surface area contributed by atoms with Crippen LogP contribution in [0, 0.1) is 11.6 Å². The number of amides is 2. The van der Waals surface area contributed by atoms with Crippen LogP contribution < -0.4 is 14.8 Å². The van der Waals surface area contributed by atoms with Crippen molar-refractivity contribution in [3.63, 3.8) is 0 Å². The second-order valence-electron chi connectivity index (χ2n) is 7.91. The zero-order valence-corrected chi connectivity index (χ0v) is 21.9. The highest BCUT2D eigenvalue weighted by atomic mass is 35.5. The van der Waals surface area contributed by atoms with Gasteiger partial charge in [0, 0.05) is 12.2 Å². The Bertz CT molecular complexity index is 1410. The lowest BCUT2D eigenvalue weighted by Crippen LogP contribution is -2.28. The van der Waals surface area contributed by atoms with E-state index in [0.717, 1.165) is 0 Å². The third-order valence-corrected chi connectivity index (χ3v) is 6.57. The molecule has 0 atom stereocenters. The van der Waals surface area contributed by atoms with Gasteiger partial charge in [-0.25, -0.2) is 13.8 Å². The van der Waals surface area contributed by atoms with Crippen LogP contribution in [0.2, 0.25) is 5.02 Å². The Morgan fingerprint density at radius 3 is 2.39 bits per heavy atom. The highest BCUT2D eigenvalue weighted by Crippen LogP contribution is 2.39. The minimum Gasteiger partial charge on any atom is -0.493 e. The van der Waals surface area contributed by atoms with Gasteiger partial charge >= 0.3 is 0 Å². The molecule has 1 saturated heterocycles. The molecule has 38 heavy (non-hydrogen) atoms. The van der Waals surface area contributed by atoms with Gasteiger partial charge in [-0.05, 0) is 91.0 Å². The number of rotatable bonds is 8. The fourth-order valence-electron chi connectivity index (χ4n) is 3.48. The molecular formula is C27H22ClF2N3O4S. The molecular weight excluding hydrogens is 536 g/mol. The van der Waals surface area contributed by atoms with Crippen LogP contribution in [0.15, 0.2) is 70.6 Å². The van der Waals surface area contributed by atoms with E-state index < -0.39 is 11.7 Å². The quantitative estimate of drug-likeness (QED) is 0.330. The molecule has 3 aromatic rings. The van der Waals surface area contributed by atoms with Crippen molar-refractivity contribution in [1.82, 2.24) is 4.90 Å². The van der Waals surface area contributed by atoms with Crippen LogP contribution in [-0.2, 0) is 9.59 Å². The number of benzene rings is 3. The number of nitrogens with one attached hydrogen (secondary N) is 1. The summed E-state index contributed by atoms with van der Waals surface area (Å²) in [6.45, 7) is 1.87. The zero-order valence-electron chi connectivity index (χ0n) is 20.3. The van der Waals surface area contributed by atoms with E-state index in [-0.39, 0.29) is 34.9 Å². The van der Waals surface area contributed by atoms with Crippen molar-refractivity contribution in [1.29, 1.82) is 0 Å². The molecule has 1 heterocycles. The van der Waals surface area contributed by atoms with Gasteiger partial charge in [-0.1, -0.05) is 11.6 Å². The van der Waals surface area contributed by atoms with E-state index in [1.165, 1.54) is 72.3 Å². The number of hydrogen-bond acceptors (Lipinski definition) is 6. The standard InChI is InChI=1S/C27H22ClF2N3O4S/c1-3-33-26(35)23(38-27(33)32-20-10-6-18(30)7-11-20)14-16-12-21(28)25(22(13-16)36-2)37-15-24(34)31-19-8-4-17(29)5-9-19/h4-14H,3,15H2,1-2H3,(H,31,34)/b23-14+,32-27?. The molecule has 1 aliphatic rings. The maximum Gasteiger partial charge on any atom is 0.266 e. The van der Waals surface area contributed by atoms with E-state index in [9.17, 15) is 18.4 Å². The van der Waals surface area contributed by atoms with Crippen molar-refractivity contribution < 1.29 is 27.8 Å². The predicted octanol–water partition coefficient (Wildman–Crippen LogP) is 6.27. The average Bonchev–Trinajstić information content (AvgIpc) is 3.19. The van der Waals surface area contributed by atoms with Crippen molar-refractivity contribution in [2.75, 3.05) is 25.6 Å². The highest BCUT2D eigenvalue weighted by Gasteiger charge is 2.32. The van der Waals surface area contributed by atoms with Crippen molar-refractivity contribution in [2.24, 2.45) is 4.99 Å². The van der Waals surface area contributed by atoms with Gasteiger partial charge in [-0.2, -0.15) is 0 Å². The van der Waals surface area contributed by atoms with Crippen LogP contribution in [0.3, 0.4) is 0 Å². The smallest absolute Gasteiger partial charge is 0.266 e. The summed E-state index contributed by atoms with van der Waals surface area (Å²) in [4.78, 5) is 31.7. The van der Waals surface area contributed by atoms with Crippen LogP contribution in [0.5, 0.6) is 11.5 Å². The number of aliphatic imine (C=N–C) groups is 1. The van der Waals surface area contributed by atoms with Crippen LogP contribution in [0.25, 0.3) is 6.08 Å². The first-order chi connectivity index (χ1) is 18.3. The Balaban J connectivity index is 1.51. The fourth-order valence-corrected chi connectivity index (χ4v) is 4.82. The van der Waals surface area contributed by atoms with Gasteiger partial charge in [-0.3, -0.25) is 14.5 Å². The van der Waals surface area contributed by atoms with Gasteiger partial charge in [-0.15, -0.1) is 0 Å². The fraction of sp³-hybridized carbons (Fsp3) is 0.148. The van der Waals surface area contributed by atoms with Crippen molar-refractivity contribution >= 4 is 57.8 Å². The number of amidine groups is 1. The van der Waals surface area contributed by atoms with Crippen molar-refractivity contribution in [3.05, 3.63) is 87.8 Å². The second-order valence-corrected chi connectivity index (χ2v) is 9.33. The van der Waals surface area contributed by atoms with Crippen LogP contribution in [0.1, 0.15) is 12.5 Å². The predicted molar refractivity (Wildman–Crippen MR) is 145 cm³/mol. The van der Waals surface area contributed by atoms with Gasteiger partial charge in [0.15, 0.2) is 23.3 Å². The number of carbonyl (C=O) groups excluding carboxylic acids is 2. The molecule has 4 rings (SSSR count). The van der Waals surface area contributed by atoms with Crippen LogP contribution in [0.4, 0.5) is 20.2 Å². The van der Waals surface area contributed by atoms with Crippen LogP contribution in [-0.4, -0.2) is 42.1 Å². The molecule has 0 aliphatic carbocycles. The van der Waals surface area contributed by atoms with E-state index >= 15 is 0 Å². The Hall–Kier alpha value is -3.89. The molecule has 11 heteroatoms. The normalized spacial score (nSPS) is 15.3. The number of halogens is 3. The number of thioether (sulfide) groups is 1. The molecule has 0 spiro atoms. The summed E-state index contributed by atoms with van der Waals surface area (Å²) in [5, 5.41) is 3.24. The average molecular weight is 558 g/mol.